The average molecular weight is 305 g/mol. The summed E-state index contributed by atoms with van der Waals surface area (Å²) in [5.41, 5.74) is 1.24. The number of hydrogen-bond acceptors (Lipinski definition) is 4. The summed E-state index contributed by atoms with van der Waals surface area (Å²) >= 11 is 0. The minimum Gasteiger partial charge on any atom is -0.382 e. The number of pyridine rings is 1. The Morgan fingerprint density at radius 3 is 2.95 bits per heavy atom. The molecule has 0 unspecified atom stereocenters. The van der Waals surface area contributed by atoms with Gasteiger partial charge in [0.15, 0.2) is 0 Å². The van der Waals surface area contributed by atoms with Crippen LogP contribution in [0.4, 0.5) is 0 Å². The van der Waals surface area contributed by atoms with Gasteiger partial charge in [-0.25, -0.2) is 0 Å². The van der Waals surface area contributed by atoms with E-state index in [1.807, 2.05) is 19.2 Å². The van der Waals surface area contributed by atoms with Crippen LogP contribution in [0, 0.1) is 5.92 Å². The molecule has 5 heteroatoms. The van der Waals surface area contributed by atoms with Crippen molar-refractivity contribution >= 4 is 5.91 Å². The van der Waals surface area contributed by atoms with Crippen molar-refractivity contribution in [3.05, 3.63) is 30.1 Å². The van der Waals surface area contributed by atoms with Gasteiger partial charge in [-0.15, -0.1) is 0 Å². The number of ether oxygens (including phenoxy) is 1. The molecule has 1 aliphatic rings. The number of nitrogens with zero attached hydrogens (tertiary/aromatic N) is 2. The van der Waals surface area contributed by atoms with E-state index in [1.54, 1.807) is 6.20 Å². The zero-order chi connectivity index (χ0) is 15.6. The SMILES string of the molecule is CCOCCCNC(=O)C1CCN(Cc2cccnc2)CC1. The van der Waals surface area contributed by atoms with Crippen LogP contribution in [0.25, 0.3) is 0 Å². The summed E-state index contributed by atoms with van der Waals surface area (Å²) in [5.74, 6) is 0.370. The number of piperidine rings is 1. The third-order valence-corrected chi connectivity index (χ3v) is 4.06. The Morgan fingerprint density at radius 1 is 1.45 bits per heavy atom. The number of nitrogens with one attached hydrogen (secondary N) is 1. The lowest BCUT2D eigenvalue weighted by molar-refractivity contribution is -0.126. The van der Waals surface area contributed by atoms with Crippen molar-refractivity contribution < 1.29 is 9.53 Å². The number of amides is 1. The van der Waals surface area contributed by atoms with Crippen LogP contribution in [0.2, 0.25) is 0 Å². The maximum Gasteiger partial charge on any atom is 0.223 e. The summed E-state index contributed by atoms with van der Waals surface area (Å²) in [6, 6.07) is 4.07. The molecule has 0 aliphatic carbocycles. The van der Waals surface area contributed by atoms with Gasteiger partial charge >= 0.3 is 0 Å². The smallest absolute Gasteiger partial charge is 0.223 e. The zero-order valence-corrected chi connectivity index (χ0v) is 13.5. The second-order valence-corrected chi connectivity index (χ2v) is 5.75. The van der Waals surface area contributed by atoms with Crippen LogP contribution in [-0.4, -0.2) is 48.6 Å². The first-order valence-electron chi connectivity index (χ1n) is 8.26. The molecule has 5 nitrogen and oxygen atoms in total. The molecule has 1 fully saturated rings. The lowest BCUT2D eigenvalue weighted by Crippen LogP contribution is -2.40. The highest BCUT2D eigenvalue weighted by atomic mass is 16.5. The summed E-state index contributed by atoms with van der Waals surface area (Å²) in [4.78, 5) is 18.7. The van der Waals surface area contributed by atoms with Gasteiger partial charge in [-0.2, -0.15) is 0 Å². The molecule has 1 aromatic rings. The van der Waals surface area contributed by atoms with Gasteiger partial charge in [-0.3, -0.25) is 14.7 Å². The number of rotatable bonds is 8. The van der Waals surface area contributed by atoms with Crippen molar-refractivity contribution in [2.24, 2.45) is 5.92 Å². The largest absolute Gasteiger partial charge is 0.382 e. The van der Waals surface area contributed by atoms with Crippen molar-refractivity contribution in [1.82, 2.24) is 15.2 Å². The summed E-state index contributed by atoms with van der Waals surface area (Å²) < 4.78 is 5.27. The Balaban J connectivity index is 1.63. The molecule has 1 saturated heterocycles. The highest BCUT2D eigenvalue weighted by molar-refractivity contribution is 5.78. The van der Waals surface area contributed by atoms with Crippen LogP contribution in [0.1, 0.15) is 31.7 Å². The van der Waals surface area contributed by atoms with E-state index in [9.17, 15) is 4.79 Å². The molecule has 122 valence electrons. The van der Waals surface area contributed by atoms with E-state index in [1.165, 1.54) is 5.56 Å². The first-order valence-corrected chi connectivity index (χ1v) is 8.26. The molecule has 1 N–H and O–H groups in total. The molecule has 2 heterocycles. The van der Waals surface area contributed by atoms with E-state index in [4.69, 9.17) is 4.74 Å². The van der Waals surface area contributed by atoms with E-state index in [0.29, 0.717) is 6.54 Å². The van der Waals surface area contributed by atoms with E-state index >= 15 is 0 Å². The molecule has 0 saturated carbocycles. The van der Waals surface area contributed by atoms with Crippen molar-refractivity contribution in [3.8, 4) is 0 Å². The molecule has 0 radical (unpaired) electrons. The Morgan fingerprint density at radius 2 is 2.27 bits per heavy atom. The Labute approximate surface area is 133 Å². The van der Waals surface area contributed by atoms with Gasteiger partial charge in [-0.1, -0.05) is 6.07 Å². The van der Waals surface area contributed by atoms with E-state index in [0.717, 1.165) is 52.1 Å². The summed E-state index contributed by atoms with van der Waals surface area (Å²) in [7, 11) is 0. The number of likely N-dealkylation sites (tertiary alicyclic amines) is 1. The van der Waals surface area contributed by atoms with Crippen molar-refractivity contribution in [1.29, 1.82) is 0 Å². The number of carbonyl (C=O) groups excluding carboxylic acids is 1. The molecule has 1 aromatic heterocycles. The average Bonchev–Trinajstić information content (AvgIpc) is 2.56. The van der Waals surface area contributed by atoms with Crippen molar-refractivity contribution in [3.63, 3.8) is 0 Å². The van der Waals surface area contributed by atoms with Crippen LogP contribution in [-0.2, 0) is 16.1 Å². The fourth-order valence-electron chi connectivity index (χ4n) is 2.78. The topological polar surface area (TPSA) is 54.5 Å². The monoisotopic (exact) mass is 305 g/mol. The molecule has 1 aliphatic heterocycles. The van der Waals surface area contributed by atoms with E-state index < -0.39 is 0 Å². The standard InChI is InChI=1S/C17H27N3O2/c1-2-22-12-4-9-19-17(21)16-6-10-20(11-7-16)14-15-5-3-8-18-13-15/h3,5,8,13,16H,2,4,6-7,9-12,14H2,1H3,(H,19,21). The Kier molecular flexibility index (Phi) is 7.33. The van der Waals surface area contributed by atoms with Crippen molar-refractivity contribution in [2.45, 2.75) is 32.7 Å². The molecule has 1 amide bonds. The van der Waals surface area contributed by atoms with Gasteiger partial charge in [-0.05, 0) is 50.9 Å². The van der Waals surface area contributed by atoms with E-state index in [-0.39, 0.29) is 11.8 Å². The van der Waals surface area contributed by atoms with Crippen molar-refractivity contribution in [2.75, 3.05) is 32.8 Å². The molecule has 22 heavy (non-hydrogen) atoms. The summed E-state index contributed by atoms with van der Waals surface area (Å²) in [6.45, 7) is 7.05. The summed E-state index contributed by atoms with van der Waals surface area (Å²) in [6.07, 6.45) is 6.48. The molecule has 0 spiro atoms. The highest BCUT2D eigenvalue weighted by Gasteiger charge is 2.24. The second-order valence-electron chi connectivity index (χ2n) is 5.75. The van der Waals surface area contributed by atoms with Crippen LogP contribution in [0.3, 0.4) is 0 Å². The normalized spacial score (nSPS) is 16.6. The van der Waals surface area contributed by atoms with Crippen LogP contribution >= 0.6 is 0 Å². The van der Waals surface area contributed by atoms with E-state index in [2.05, 4.69) is 21.3 Å². The minimum absolute atomic E-state index is 0.164. The third-order valence-electron chi connectivity index (χ3n) is 4.06. The van der Waals surface area contributed by atoms with Gasteiger partial charge in [0.1, 0.15) is 0 Å². The van der Waals surface area contributed by atoms with Gasteiger partial charge in [0.05, 0.1) is 0 Å². The first-order chi connectivity index (χ1) is 10.8. The highest BCUT2D eigenvalue weighted by Crippen LogP contribution is 2.19. The number of hydrogen-bond donors (Lipinski definition) is 1. The maximum atomic E-state index is 12.1. The quantitative estimate of drug-likeness (QED) is 0.745. The van der Waals surface area contributed by atoms with Gasteiger partial charge in [0.25, 0.3) is 0 Å². The number of aromatic nitrogens is 1. The van der Waals surface area contributed by atoms with Gasteiger partial charge in [0, 0.05) is 44.6 Å². The fraction of sp³-hybridized carbons (Fsp3) is 0.647. The van der Waals surface area contributed by atoms with Gasteiger partial charge in [0.2, 0.25) is 5.91 Å². The van der Waals surface area contributed by atoms with Gasteiger partial charge < -0.3 is 10.1 Å². The lowest BCUT2D eigenvalue weighted by atomic mass is 9.95. The lowest BCUT2D eigenvalue weighted by Gasteiger charge is -2.31. The first kappa shape index (κ1) is 16.9. The molecule has 2 rings (SSSR count). The molecule has 0 aromatic carbocycles. The fourth-order valence-corrected chi connectivity index (χ4v) is 2.78. The second kappa shape index (κ2) is 9.54. The Hall–Kier alpha value is -1.46. The predicted octanol–water partition coefficient (Wildman–Crippen LogP) is 1.84. The Bertz CT molecular complexity index is 431. The zero-order valence-electron chi connectivity index (χ0n) is 13.5. The molecular weight excluding hydrogens is 278 g/mol. The third kappa shape index (κ3) is 5.73. The number of carbonyl (C=O) groups is 1. The van der Waals surface area contributed by atoms with Crippen LogP contribution < -0.4 is 5.32 Å². The van der Waals surface area contributed by atoms with Crippen LogP contribution in [0.5, 0.6) is 0 Å². The summed E-state index contributed by atoms with van der Waals surface area (Å²) in [5, 5.41) is 3.03. The minimum atomic E-state index is 0.164. The molecule has 0 atom stereocenters. The molecular formula is C17H27N3O2. The molecule has 0 bridgehead atoms. The van der Waals surface area contributed by atoms with Crippen LogP contribution in [0.15, 0.2) is 24.5 Å². The predicted molar refractivity (Wildman–Crippen MR) is 86.4 cm³/mol. The maximum absolute atomic E-state index is 12.1.